The zero-order valence-corrected chi connectivity index (χ0v) is 21.8. The van der Waals surface area contributed by atoms with Gasteiger partial charge in [-0.25, -0.2) is 4.79 Å². The van der Waals surface area contributed by atoms with E-state index >= 15 is 0 Å². The van der Waals surface area contributed by atoms with Gasteiger partial charge in [0.1, 0.15) is 17.8 Å². The lowest BCUT2D eigenvalue weighted by molar-refractivity contribution is -0.162. The topological polar surface area (TPSA) is 82.1 Å². The molecule has 6 aliphatic rings. The zero-order chi connectivity index (χ0) is 25.0. The number of esters is 2. The molecule has 6 nitrogen and oxygen atoms in total. The quantitative estimate of drug-likeness (QED) is 0.454. The van der Waals surface area contributed by atoms with Crippen molar-refractivity contribution in [1.82, 2.24) is 0 Å². The maximum Gasteiger partial charge on any atom is 0.333 e. The van der Waals surface area contributed by atoms with Crippen molar-refractivity contribution in [3.05, 3.63) is 23.3 Å². The Hall–Kier alpha value is -1.66. The van der Waals surface area contributed by atoms with Crippen molar-refractivity contribution in [2.24, 2.45) is 29.1 Å². The highest BCUT2D eigenvalue weighted by atomic mass is 16.6. The predicted molar refractivity (Wildman–Crippen MR) is 129 cm³/mol. The first-order valence-corrected chi connectivity index (χ1v) is 13.6. The molecule has 6 rings (SSSR count). The Morgan fingerprint density at radius 1 is 1.09 bits per heavy atom. The number of fused-ring (bicyclic) bond motifs is 3. The van der Waals surface area contributed by atoms with Crippen LogP contribution in [0.15, 0.2) is 23.3 Å². The molecule has 3 aliphatic carbocycles. The molecule has 2 saturated heterocycles. The van der Waals surface area contributed by atoms with Gasteiger partial charge in [0.2, 0.25) is 0 Å². The fraction of sp³-hybridized carbons (Fsp3) is 0.793. The molecule has 9 unspecified atom stereocenters. The maximum absolute atomic E-state index is 12.4. The highest BCUT2D eigenvalue weighted by molar-refractivity contribution is 5.88. The van der Waals surface area contributed by atoms with Gasteiger partial charge in [-0.15, -0.1) is 0 Å². The number of allylic oxidation sites excluding steroid dienone is 1. The molecule has 0 bridgehead atoms. The fourth-order valence-corrected chi connectivity index (χ4v) is 9.23. The second-order valence-corrected chi connectivity index (χ2v) is 13.2. The van der Waals surface area contributed by atoms with E-state index in [2.05, 4.69) is 33.8 Å². The Morgan fingerprint density at radius 2 is 1.86 bits per heavy atom. The van der Waals surface area contributed by atoms with E-state index in [0.29, 0.717) is 24.3 Å². The van der Waals surface area contributed by atoms with Crippen LogP contribution in [0.25, 0.3) is 0 Å². The largest absolute Gasteiger partial charge is 0.458 e. The second-order valence-electron chi connectivity index (χ2n) is 13.2. The molecular formula is C29H40O6. The summed E-state index contributed by atoms with van der Waals surface area (Å²) < 4.78 is 18.3. The summed E-state index contributed by atoms with van der Waals surface area (Å²) in [6.45, 7) is 10.7. The standard InChI is InChI=1S/C29H40O6/c1-16-6-10-21(33-25(16)31)17(2)18-7-8-19-20-9-11-22-26(3,4)34-23-14-24(30)35-29(22,23)15-28(20,32)13-12-27(18,19)5/h6,8,17-18,20-23,32H,7,9-15H2,1-5H3. The van der Waals surface area contributed by atoms with Crippen molar-refractivity contribution in [2.45, 2.75) is 115 Å². The first-order valence-electron chi connectivity index (χ1n) is 13.6. The molecule has 35 heavy (non-hydrogen) atoms. The lowest BCUT2D eigenvalue weighted by Crippen LogP contribution is -2.54. The van der Waals surface area contributed by atoms with Gasteiger partial charge < -0.3 is 19.3 Å². The highest BCUT2D eigenvalue weighted by Crippen LogP contribution is 2.66. The minimum Gasteiger partial charge on any atom is -0.458 e. The number of carbonyl (C=O) groups is 2. The van der Waals surface area contributed by atoms with Gasteiger partial charge in [-0.1, -0.05) is 31.6 Å². The van der Waals surface area contributed by atoms with Crippen LogP contribution >= 0.6 is 0 Å². The first kappa shape index (κ1) is 23.7. The number of aliphatic hydroxyl groups is 1. The normalized spacial score (nSPS) is 48.9. The summed E-state index contributed by atoms with van der Waals surface area (Å²) in [6, 6.07) is 0. The Morgan fingerprint density at radius 3 is 2.60 bits per heavy atom. The van der Waals surface area contributed by atoms with Crippen molar-refractivity contribution in [2.75, 3.05) is 0 Å². The molecule has 192 valence electrons. The smallest absolute Gasteiger partial charge is 0.333 e. The number of rotatable bonds is 2. The van der Waals surface area contributed by atoms with E-state index in [1.807, 2.05) is 13.0 Å². The van der Waals surface area contributed by atoms with Gasteiger partial charge in [0.25, 0.3) is 0 Å². The average Bonchev–Trinajstić information content (AvgIpc) is 3.29. The molecule has 3 aliphatic heterocycles. The summed E-state index contributed by atoms with van der Waals surface area (Å²) in [5, 5.41) is 12.3. The monoisotopic (exact) mass is 484 g/mol. The van der Waals surface area contributed by atoms with E-state index in [-0.39, 0.29) is 59.3 Å². The molecule has 0 aromatic carbocycles. The lowest BCUT2D eigenvalue weighted by Gasteiger charge is -2.52. The van der Waals surface area contributed by atoms with Gasteiger partial charge in [0.05, 0.1) is 17.6 Å². The summed E-state index contributed by atoms with van der Waals surface area (Å²) >= 11 is 0. The molecule has 0 aromatic rings. The van der Waals surface area contributed by atoms with Crippen molar-refractivity contribution in [3.8, 4) is 0 Å². The number of hydrogen-bond donors (Lipinski definition) is 1. The summed E-state index contributed by atoms with van der Waals surface area (Å²) in [5.74, 6) is 0.376. The molecule has 0 aromatic heterocycles. The SMILES string of the molecule is CC1=CCC(C(C)C2CC=C3C4CCC5C(C)(C)OC6CC(=O)OC65CC4(O)CCC32C)OC1=O. The van der Waals surface area contributed by atoms with Crippen LogP contribution in [0.3, 0.4) is 0 Å². The lowest BCUT2D eigenvalue weighted by atomic mass is 9.55. The summed E-state index contributed by atoms with van der Waals surface area (Å²) in [7, 11) is 0. The molecular weight excluding hydrogens is 444 g/mol. The van der Waals surface area contributed by atoms with E-state index in [1.165, 1.54) is 5.57 Å². The molecule has 9 atom stereocenters. The number of cyclic esters (lactones) is 1. The van der Waals surface area contributed by atoms with Crippen LogP contribution in [0, 0.1) is 29.1 Å². The Bertz CT molecular complexity index is 1030. The molecule has 1 N–H and O–H groups in total. The number of carbonyl (C=O) groups excluding carboxylic acids is 2. The number of hydrogen-bond acceptors (Lipinski definition) is 6. The highest BCUT2D eigenvalue weighted by Gasteiger charge is 2.70. The summed E-state index contributed by atoms with van der Waals surface area (Å²) in [6.07, 6.45) is 9.87. The van der Waals surface area contributed by atoms with Crippen LogP contribution < -0.4 is 0 Å². The molecule has 4 fully saturated rings. The van der Waals surface area contributed by atoms with Crippen LogP contribution in [0.2, 0.25) is 0 Å². The number of ether oxygens (including phenoxy) is 3. The van der Waals surface area contributed by atoms with Crippen molar-refractivity contribution >= 4 is 11.9 Å². The van der Waals surface area contributed by atoms with Gasteiger partial charge >= 0.3 is 11.9 Å². The molecule has 0 radical (unpaired) electrons. The Balaban J connectivity index is 1.29. The van der Waals surface area contributed by atoms with Gasteiger partial charge in [0, 0.05) is 30.3 Å². The summed E-state index contributed by atoms with van der Waals surface area (Å²) in [4.78, 5) is 24.6. The molecule has 3 heterocycles. The van der Waals surface area contributed by atoms with Crippen LogP contribution in [-0.4, -0.2) is 46.1 Å². The average molecular weight is 485 g/mol. The van der Waals surface area contributed by atoms with Crippen molar-refractivity contribution in [1.29, 1.82) is 0 Å². The van der Waals surface area contributed by atoms with Crippen LogP contribution in [0.1, 0.15) is 86.0 Å². The maximum atomic E-state index is 12.4. The van der Waals surface area contributed by atoms with Crippen LogP contribution in [-0.2, 0) is 23.8 Å². The minimum absolute atomic E-state index is 0.0200. The van der Waals surface area contributed by atoms with E-state index in [9.17, 15) is 14.7 Å². The summed E-state index contributed by atoms with van der Waals surface area (Å²) in [5.41, 5.74) is 0.0673. The Kier molecular flexibility index (Phi) is 5.04. The van der Waals surface area contributed by atoms with Gasteiger partial charge in [-0.2, -0.15) is 0 Å². The van der Waals surface area contributed by atoms with E-state index in [1.54, 1.807) is 0 Å². The molecule has 6 heteroatoms. The third-order valence-electron chi connectivity index (χ3n) is 11.0. The fourth-order valence-electron chi connectivity index (χ4n) is 9.23. The third-order valence-corrected chi connectivity index (χ3v) is 11.0. The zero-order valence-electron chi connectivity index (χ0n) is 21.8. The van der Waals surface area contributed by atoms with E-state index in [0.717, 1.165) is 32.1 Å². The molecule has 2 saturated carbocycles. The van der Waals surface area contributed by atoms with Crippen molar-refractivity contribution in [3.63, 3.8) is 0 Å². The van der Waals surface area contributed by atoms with Crippen molar-refractivity contribution < 1.29 is 28.9 Å². The van der Waals surface area contributed by atoms with Gasteiger partial charge in [0.15, 0.2) is 0 Å². The molecule has 1 spiro atoms. The van der Waals surface area contributed by atoms with E-state index < -0.39 is 11.2 Å². The Labute approximate surface area is 208 Å². The van der Waals surface area contributed by atoms with E-state index in [4.69, 9.17) is 14.2 Å². The molecule has 0 amide bonds. The van der Waals surface area contributed by atoms with Crippen LogP contribution in [0.5, 0.6) is 0 Å². The van der Waals surface area contributed by atoms with Gasteiger partial charge in [-0.3, -0.25) is 4.79 Å². The van der Waals surface area contributed by atoms with Gasteiger partial charge in [-0.05, 0) is 70.1 Å². The third kappa shape index (κ3) is 3.21. The van der Waals surface area contributed by atoms with Crippen LogP contribution in [0.4, 0.5) is 0 Å². The second kappa shape index (κ2) is 7.44. The minimum atomic E-state index is -0.901. The first-order chi connectivity index (χ1) is 16.4. The predicted octanol–water partition coefficient (Wildman–Crippen LogP) is 4.64.